The van der Waals surface area contributed by atoms with E-state index >= 15 is 0 Å². The second-order valence-corrected chi connectivity index (χ2v) is 5.95. The Balaban J connectivity index is 1.90. The smallest absolute Gasteiger partial charge is 0.315 e. The van der Waals surface area contributed by atoms with E-state index in [4.69, 9.17) is 5.11 Å². The van der Waals surface area contributed by atoms with Crippen LogP contribution >= 0.6 is 0 Å². The lowest BCUT2D eigenvalue weighted by Gasteiger charge is -2.14. The summed E-state index contributed by atoms with van der Waals surface area (Å²) in [6.07, 6.45) is 1.42. The number of nitrogens with one attached hydrogen (secondary N) is 2. The maximum Gasteiger partial charge on any atom is 0.315 e. The van der Waals surface area contributed by atoms with Gasteiger partial charge in [-0.3, -0.25) is 0 Å². The number of carbonyl (C=O) groups excluding carboxylic acids is 1. The molecule has 0 spiro atoms. The Morgan fingerprint density at radius 2 is 1.92 bits per heavy atom. The molecule has 2 rings (SSSR count). The van der Waals surface area contributed by atoms with Gasteiger partial charge in [0.2, 0.25) is 0 Å². The minimum absolute atomic E-state index is 0.0250. The molecule has 5 heteroatoms. The van der Waals surface area contributed by atoms with Crippen molar-refractivity contribution in [1.29, 1.82) is 5.26 Å². The number of aliphatic hydroxyl groups is 1. The lowest BCUT2D eigenvalue weighted by Crippen LogP contribution is -2.40. The molecule has 2 amide bonds. The number of benzene rings is 2. The van der Waals surface area contributed by atoms with Crippen LogP contribution in [0.1, 0.15) is 30.9 Å². The molecule has 1 atom stereocenters. The fraction of sp³-hybridized carbons (Fsp3) is 0.300. The second-order valence-electron chi connectivity index (χ2n) is 5.95. The molecule has 2 aromatic rings. The van der Waals surface area contributed by atoms with Crippen molar-refractivity contribution < 1.29 is 9.90 Å². The van der Waals surface area contributed by atoms with Crippen LogP contribution in [0.2, 0.25) is 0 Å². The molecular formula is C20H23N3O2. The third-order valence-corrected chi connectivity index (χ3v) is 3.94. The number of rotatable bonds is 7. The van der Waals surface area contributed by atoms with Gasteiger partial charge in [-0.1, -0.05) is 42.5 Å². The standard InChI is InChI=1S/C20H23N3O2/c1-15(5-4-12-24)23-20(25)22-14-16-8-10-17(11-9-16)19-7-3-2-6-18(19)13-21/h2-3,6-11,15,24H,4-5,12,14H2,1H3,(H2,22,23,25). The summed E-state index contributed by atoms with van der Waals surface area (Å²) in [7, 11) is 0. The fourth-order valence-electron chi connectivity index (χ4n) is 2.56. The van der Waals surface area contributed by atoms with Gasteiger partial charge < -0.3 is 15.7 Å². The first-order chi connectivity index (χ1) is 12.1. The van der Waals surface area contributed by atoms with Crippen LogP contribution in [0.4, 0.5) is 4.79 Å². The largest absolute Gasteiger partial charge is 0.396 e. The number of carbonyl (C=O) groups is 1. The van der Waals surface area contributed by atoms with Crippen molar-refractivity contribution in [3.63, 3.8) is 0 Å². The summed E-state index contributed by atoms with van der Waals surface area (Å²) in [6, 6.07) is 17.3. The fourth-order valence-corrected chi connectivity index (χ4v) is 2.56. The molecule has 0 heterocycles. The van der Waals surface area contributed by atoms with E-state index in [2.05, 4.69) is 16.7 Å². The Morgan fingerprint density at radius 1 is 1.20 bits per heavy atom. The molecule has 0 saturated heterocycles. The maximum absolute atomic E-state index is 11.8. The highest BCUT2D eigenvalue weighted by Crippen LogP contribution is 2.23. The van der Waals surface area contributed by atoms with Gasteiger partial charge in [0.25, 0.3) is 0 Å². The monoisotopic (exact) mass is 337 g/mol. The molecule has 0 aliphatic rings. The average molecular weight is 337 g/mol. The molecular weight excluding hydrogens is 314 g/mol. The van der Waals surface area contributed by atoms with Crippen LogP contribution in [-0.2, 0) is 6.54 Å². The van der Waals surface area contributed by atoms with Crippen LogP contribution in [0, 0.1) is 11.3 Å². The van der Waals surface area contributed by atoms with E-state index in [9.17, 15) is 10.1 Å². The zero-order chi connectivity index (χ0) is 18.1. The van der Waals surface area contributed by atoms with Gasteiger partial charge in [-0.2, -0.15) is 5.26 Å². The number of nitriles is 1. The molecule has 0 bridgehead atoms. The Morgan fingerprint density at radius 3 is 2.60 bits per heavy atom. The molecule has 0 aromatic heterocycles. The minimum atomic E-state index is -0.218. The first kappa shape index (κ1) is 18.5. The van der Waals surface area contributed by atoms with Gasteiger partial charge in [0.15, 0.2) is 0 Å². The molecule has 0 fully saturated rings. The topological polar surface area (TPSA) is 85.2 Å². The van der Waals surface area contributed by atoms with Gasteiger partial charge in [0.1, 0.15) is 0 Å². The molecule has 2 aromatic carbocycles. The van der Waals surface area contributed by atoms with Crippen molar-refractivity contribution >= 4 is 6.03 Å². The van der Waals surface area contributed by atoms with Crippen LogP contribution in [0.25, 0.3) is 11.1 Å². The molecule has 0 aliphatic carbocycles. The Bertz CT molecular complexity index is 735. The molecule has 130 valence electrons. The lowest BCUT2D eigenvalue weighted by molar-refractivity contribution is 0.234. The molecule has 5 nitrogen and oxygen atoms in total. The molecule has 3 N–H and O–H groups in total. The summed E-state index contributed by atoms with van der Waals surface area (Å²) in [6.45, 7) is 2.48. The predicted octanol–water partition coefficient (Wildman–Crippen LogP) is 3.19. The first-order valence-corrected chi connectivity index (χ1v) is 8.37. The molecule has 0 aliphatic heterocycles. The third kappa shape index (κ3) is 5.63. The van der Waals surface area contributed by atoms with Crippen molar-refractivity contribution in [2.24, 2.45) is 0 Å². The Labute approximate surface area is 148 Å². The number of amides is 2. The SMILES string of the molecule is CC(CCCO)NC(=O)NCc1ccc(-c2ccccc2C#N)cc1. The lowest BCUT2D eigenvalue weighted by atomic mass is 9.99. The molecule has 1 unspecified atom stereocenters. The van der Waals surface area contributed by atoms with Gasteiger partial charge in [-0.15, -0.1) is 0 Å². The summed E-state index contributed by atoms with van der Waals surface area (Å²) >= 11 is 0. The van der Waals surface area contributed by atoms with Crippen molar-refractivity contribution in [1.82, 2.24) is 10.6 Å². The van der Waals surface area contributed by atoms with E-state index in [0.29, 0.717) is 18.5 Å². The maximum atomic E-state index is 11.8. The molecule has 0 saturated carbocycles. The van der Waals surface area contributed by atoms with Crippen LogP contribution in [0.15, 0.2) is 48.5 Å². The van der Waals surface area contributed by atoms with Gasteiger partial charge in [0, 0.05) is 19.2 Å². The zero-order valence-corrected chi connectivity index (χ0v) is 14.3. The highest BCUT2D eigenvalue weighted by atomic mass is 16.3. The highest BCUT2D eigenvalue weighted by Gasteiger charge is 2.07. The Hall–Kier alpha value is -2.84. The van der Waals surface area contributed by atoms with Crippen molar-refractivity contribution in [3.8, 4) is 17.2 Å². The van der Waals surface area contributed by atoms with Gasteiger partial charge >= 0.3 is 6.03 Å². The predicted molar refractivity (Wildman–Crippen MR) is 97.7 cm³/mol. The van der Waals surface area contributed by atoms with Crippen LogP contribution in [-0.4, -0.2) is 23.8 Å². The number of hydrogen-bond donors (Lipinski definition) is 3. The van der Waals surface area contributed by atoms with E-state index in [1.165, 1.54) is 0 Å². The van der Waals surface area contributed by atoms with Crippen LogP contribution < -0.4 is 10.6 Å². The second kappa shape index (κ2) is 9.45. The quantitative estimate of drug-likeness (QED) is 0.725. The summed E-state index contributed by atoms with van der Waals surface area (Å²) in [5.74, 6) is 0. The molecule has 25 heavy (non-hydrogen) atoms. The van der Waals surface area contributed by atoms with Gasteiger partial charge in [-0.05, 0) is 42.5 Å². The normalized spacial score (nSPS) is 11.4. The Kier molecular flexibility index (Phi) is 7.00. The number of urea groups is 1. The first-order valence-electron chi connectivity index (χ1n) is 8.37. The summed E-state index contributed by atoms with van der Waals surface area (Å²) < 4.78 is 0. The van der Waals surface area contributed by atoms with E-state index in [1.807, 2.05) is 49.4 Å². The van der Waals surface area contributed by atoms with Crippen LogP contribution in [0.5, 0.6) is 0 Å². The van der Waals surface area contributed by atoms with E-state index in [1.54, 1.807) is 6.07 Å². The third-order valence-electron chi connectivity index (χ3n) is 3.94. The van der Waals surface area contributed by atoms with Crippen molar-refractivity contribution in [2.75, 3.05) is 6.61 Å². The average Bonchev–Trinajstić information content (AvgIpc) is 2.65. The van der Waals surface area contributed by atoms with Gasteiger partial charge in [0.05, 0.1) is 11.6 Å². The summed E-state index contributed by atoms with van der Waals surface area (Å²) in [5.41, 5.74) is 3.50. The van der Waals surface area contributed by atoms with Gasteiger partial charge in [-0.25, -0.2) is 4.79 Å². The van der Waals surface area contributed by atoms with Crippen LogP contribution in [0.3, 0.4) is 0 Å². The highest BCUT2D eigenvalue weighted by molar-refractivity contribution is 5.74. The van der Waals surface area contributed by atoms with Crippen molar-refractivity contribution in [2.45, 2.75) is 32.4 Å². The van der Waals surface area contributed by atoms with E-state index in [-0.39, 0.29) is 18.7 Å². The number of nitrogens with zero attached hydrogens (tertiary/aromatic N) is 1. The summed E-state index contributed by atoms with van der Waals surface area (Å²) in [5, 5.41) is 23.6. The van der Waals surface area contributed by atoms with E-state index < -0.39 is 0 Å². The zero-order valence-electron chi connectivity index (χ0n) is 14.3. The number of hydrogen-bond acceptors (Lipinski definition) is 3. The minimum Gasteiger partial charge on any atom is -0.396 e. The number of aliphatic hydroxyl groups excluding tert-OH is 1. The molecule has 0 radical (unpaired) electrons. The van der Waals surface area contributed by atoms with E-state index in [0.717, 1.165) is 23.1 Å². The van der Waals surface area contributed by atoms with Crippen molar-refractivity contribution in [3.05, 3.63) is 59.7 Å². The summed E-state index contributed by atoms with van der Waals surface area (Å²) in [4.78, 5) is 11.8.